The lowest BCUT2D eigenvalue weighted by Crippen LogP contribution is -2.24. The highest BCUT2D eigenvalue weighted by molar-refractivity contribution is 5.97. The van der Waals surface area contributed by atoms with Crippen molar-refractivity contribution < 1.29 is 23.1 Å². The van der Waals surface area contributed by atoms with E-state index in [4.69, 9.17) is 9.15 Å². The van der Waals surface area contributed by atoms with Crippen molar-refractivity contribution in [2.24, 2.45) is 0 Å². The molecule has 3 rings (SSSR count). The predicted octanol–water partition coefficient (Wildman–Crippen LogP) is 2.38. The van der Waals surface area contributed by atoms with Crippen molar-refractivity contribution in [3.63, 3.8) is 0 Å². The third-order valence-electron chi connectivity index (χ3n) is 3.71. The number of carbonyl (C=O) groups is 2. The minimum Gasteiger partial charge on any atom is -0.456 e. The summed E-state index contributed by atoms with van der Waals surface area (Å²) in [4.78, 5) is 35.7. The van der Waals surface area contributed by atoms with Crippen molar-refractivity contribution in [3.05, 3.63) is 76.0 Å². The Morgan fingerprint density at radius 3 is 2.44 bits per heavy atom. The standard InChI is InChI=1S/C19H15FN2O5/c1-12-2-4-13(5-3-12)16(23)11-26-17(24)10-22-19(25)27-18(21-22)14-6-8-15(20)9-7-14/h2-9H,10-11H2,1H3. The molecule has 0 amide bonds. The van der Waals surface area contributed by atoms with Crippen LogP contribution in [-0.2, 0) is 16.1 Å². The molecule has 7 nitrogen and oxygen atoms in total. The summed E-state index contributed by atoms with van der Waals surface area (Å²) in [6.45, 7) is 0.939. The highest BCUT2D eigenvalue weighted by Crippen LogP contribution is 2.15. The van der Waals surface area contributed by atoms with Crippen molar-refractivity contribution in [1.29, 1.82) is 0 Å². The molecule has 0 spiro atoms. The van der Waals surface area contributed by atoms with Gasteiger partial charge in [-0.1, -0.05) is 29.8 Å². The number of hydrogen-bond acceptors (Lipinski definition) is 6. The minimum absolute atomic E-state index is 0.0523. The lowest BCUT2D eigenvalue weighted by Gasteiger charge is -2.04. The number of carbonyl (C=O) groups excluding carboxylic acids is 2. The molecule has 1 heterocycles. The van der Waals surface area contributed by atoms with E-state index in [9.17, 15) is 18.8 Å². The van der Waals surface area contributed by atoms with Gasteiger partial charge < -0.3 is 9.15 Å². The molecule has 0 radical (unpaired) electrons. The molecule has 0 unspecified atom stereocenters. The van der Waals surface area contributed by atoms with Gasteiger partial charge in [-0.3, -0.25) is 9.59 Å². The van der Waals surface area contributed by atoms with Crippen LogP contribution >= 0.6 is 0 Å². The van der Waals surface area contributed by atoms with Crippen LogP contribution in [0.2, 0.25) is 0 Å². The Morgan fingerprint density at radius 2 is 1.78 bits per heavy atom. The monoisotopic (exact) mass is 370 g/mol. The fourth-order valence-electron chi connectivity index (χ4n) is 2.25. The van der Waals surface area contributed by atoms with Gasteiger partial charge in [-0.2, -0.15) is 4.68 Å². The van der Waals surface area contributed by atoms with Crippen LogP contribution in [0.25, 0.3) is 11.5 Å². The van der Waals surface area contributed by atoms with Crippen LogP contribution in [0, 0.1) is 12.7 Å². The summed E-state index contributed by atoms with van der Waals surface area (Å²) in [5.41, 5.74) is 1.81. The summed E-state index contributed by atoms with van der Waals surface area (Å²) in [7, 11) is 0. The van der Waals surface area contributed by atoms with Gasteiger partial charge in [-0.15, -0.1) is 5.10 Å². The molecule has 1 aromatic heterocycles. The number of aryl methyl sites for hydroxylation is 1. The van der Waals surface area contributed by atoms with E-state index in [1.807, 2.05) is 6.92 Å². The molecule has 0 fully saturated rings. The van der Waals surface area contributed by atoms with Crippen molar-refractivity contribution in [2.75, 3.05) is 6.61 Å². The Hall–Kier alpha value is -3.55. The van der Waals surface area contributed by atoms with E-state index in [0.29, 0.717) is 11.1 Å². The summed E-state index contributed by atoms with van der Waals surface area (Å²) >= 11 is 0. The Kier molecular flexibility index (Phi) is 5.25. The summed E-state index contributed by atoms with van der Waals surface area (Å²) in [6.07, 6.45) is 0. The summed E-state index contributed by atoms with van der Waals surface area (Å²) in [5.74, 6) is -2.53. The number of hydrogen-bond donors (Lipinski definition) is 0. The van der Waals surface area contributed by atoms with Crippen LogP contribution in [0.3, 0.4) is 0 Å². The van der Waals surface area contributed by atoms with Crippen LogP contribution in [0.5, 0.6) is 0 Å². The average Bonchev–Trinajstić information content (AvgIpc) is 3.01. The molecular formula is C19H15FN2O5. The van der Waals surface area contributed by atoms with Gasteiger partial charge in [0.15, 0.2) is 12.4 Å². The molecule has 2 aromatic carbocycles. The van der Waals surface area contributed by atoms with Crippen LogP contribution < -0.4 is 5.76 Å². The van der Waals surface area contributed by atoms with Crippen molar-refractivity contribution in [2.45, 2.75) is 13.5 Å². The van der Waals surface area contributed by atoms with E-state index in [1.54, 1.807) is 24.3 Å². The Bertz CT molecular complexity index is 1020. The topological polar surface area (TPSA) is 91.4 Å². The number of ether oxygens (including phenoxy) is 1. The van der Waals surface area contributed by atoms with Crippen molar-refractivity contribution in [3.8, 4) is 11.5 Å². The second-order valence-electron chi connectivity index (χ2n) is 5.79. The number of aromatic nitrogens is 2. The highest BCUT2D eigenvalue weighted by Gasteiger charge is 2.15. The SMILES string of the molecule is Cc1ccc(C(=O)COC(=O)Cn2nc(-c3ccc(F)cc3)oc2=O)cc1. The van der Waals surface area contributed by atoms with Gasteiger partial charge in [0, 0.05) is 11.1 Å². The first-order chi connectivity index (χ1) is 12.9. The molecule has 8 heteroatoms. The predicted molar refractivity (Wildman–Crippen MR) is 92.6 cm³/mol. The summed E-state index contributed by atoms with van der Waals surface area (Å²) in [6, 6.07) is 12.0. The fraction of sp³-hybridized carbons (Fsp3) is 0.158. The molecule has 0 aliphatic rings. The smallest absolute Gasteiger partial charge is 0.437 e. The van der Waals surface area contributed by atoms with E-state index >= 15 is 0 Å². The van der Waals surface area contributed by atoms with Gasteiger partial charge >= 0.3 is 11.7 Å². The number of esters is 1. The molecule has 0 aliphatic carbocycles. The van der Waals surface area contributed by atoms with Gasteiger partial charge in [-0.05, 0) is 31.2 Å². The highest BCUT2D eigenvalue weighted by atomic mass is 19.1. The zero-order valence-electron chi connectivity index (χ0n) is 14.3. The summed E-state index contributed by atoms with van der Waals surface area (Å²) in [5, 5.41) is 3.87. The lowest BCUT2D eigenvalue weighted by molar-refractivity contribution is -0.143. The van der Waals surface area contributed by atoms with E-state index in [-0.39, 0.29) is 11.7 Å². The van der Waals surface area contributed by atoms with E-state index < -0.39 is 30.7 Å². The first-order valence-electron chi connectivity index (χ1n) is 8.02. The van der Waals surface area contributed by atoms with Crippen LogP contribution in [0.1, 0.15) is 15.9 Å². The molecule has 3 aromatic rings. The van der Waals surface area contributed by atoms with Crippen molar-refractivity contribution >= 4 is 11.8 Å². The maximum atomic E-state index is 12.9. The summed E-state index contributed by atoms with van der Waals surface area (Å²) < 4.78 is 23.6. The third kappa shape index (κ3) is 4.55. The maximum absolute atomic E-state index is 12.9. The largest absolute Gasteiger partial charge is 0.456 e. The zero-order chi connectivity index (χ0) is 19.4. The van der Waals surface area contributed by atoms with Gasteiger partial charge in [0.1, 0.15) is 12.4 Å². The fourth-order valence-corrected chi connectivity index (χ4v) is 2.25. The third-order valence-corrected chi connectivity index (χ3v) is 3.71. The normalized spacial score (nSPS) is 10.6. The van der Waals surface area contributed by atoms with Crippen molar-refractivity contribution in [1.82, 2.24) is 9.78 Å². The van der Waals surface area contributed by atoms with Gasteiger partial charge in [-0.25, -0.2) is 9.18 Å². The quantitative estimate of drug-likeness (QED) is 0.489. The Balaban J connectivity index is 1.61. The second-order valence-corrected chi connectivity index (χ2v) is 5.79. The number of Topliss-reactive ketones (excluding diaryl/α,β-unsaturated/α-hetero) is 1. The molecule has 0 saturated carbocycles. The Labute approximate surface area is 153 Å². The van der Waals surface area contributed by atoms with Crippen LogP contribution in [-0.4, -0.2) is 28.1 Å². The number of nitrogens with zero attached hydrogens (tertiary/aromatic N) is 2. The number of rotatable bonds is 6. The molecular weight excluding hydrogens is 355 g/mol. The number of ketones is 1. The van der Waals surface area contributed by atoms with E-state index in [1.165, 1.54) is 24.3 Å². The van der Waals surface area contributed by atoms with Gasteiger partial charge in [0.05, 0.1) is 0 Å². The molecule has 0 N–H and O–H groups in total. The Morgan fingerprint density at radius 1 is 1.11 bits per heavy atom. The first-order valence-corrected chi connectivity index (χ1v) is 8.02. The van der Waals surface area contributed by atoms with Crippen LogP contribution in [0.15, 0.2) is 57.7 Å². The molecule has 138 valence electrons. The number of benzene rings is 2. The first kappa shape index (κ1) is 18.2. The molecule has 0 saturated heterocycles. The lowest BCUT2D eigenvalue weighted by atomic mass is 10.1. The molecule has 0 atom stereocenters. The van der Waals surface area contributed by atoms with E-state index in [2.05, 4.69) is 5.10 Å². The molecule has 0 aliphatic heterocycles. The van der Waals surface area contributed by atoms with Crippen LogP contribution in [0.4, 0.5) is 4.39 Å². The zero-order valence-corrected chi connectivity index (χ0v) is 14.3. The molecule has 0 bridgehead atoms. The number of halogens is 1. The average molecular weight is 370 g/mol. The van der Waals surface area contributed by atoms with Gasteiger partial charge in [0.2, 0.25) is 5.89 Å². The minimum atomic E-state index is -0.865. The second kappa shape index (κ2) is 7.77. The van der Waals surface area contributed by atoms with E-state index in [0.717, 1.165) is 10.2 Å². The van der Waals surface area contributed by atoms with Gasteiger partial charge in [0.25, 0.3) is 0 Å². The molecule has 27 heavy (non-hydrogen) atoms. The maximum Gasteiger partial charge on any atom is 0.437 e.